The lowest BCUT2D eigenvalue weighted by Crippen LogP contribution is -2.25. The number of allylic oxidation sites excluding steroid dienone is 4. The van der Waals surface area contributed by atoms with E-state index in [4.69, 9.17) is 0 Å². The second-order valence-electron chi connectivity index (χ2n) is 18.1. The van der Waals surface area contributed by atoms with Crippen LogP contribution >= 0.6 is 0 Å². The van der Waals surface area contributed by atoms with Gasteiger partial charge in [0.05, 0.1) is 11.1 Å². The summed E-state index contributed by atoms with van der Waals surface area (Å²) in [4.78, 5) is 2.50. The minimum absolute atomic E-state index is 0.138. The number of para-hydroxylation sites is 1. The highest BCUT2D eigenvalue weighted by atomic mass is 15.1. The standard InChI is InChI=1S/C63H49N/c1-5-7-19-41(6-2)42-32-35-44(36-33-42)64(45-37-38-48-47-22-10-14-27-53(47)62(3,4)58(48)40-45)59-31-17-13-23-49(59)50-26-18-30-56-61(50)52-25-12-16-29-55(52)63(56)54-28-15-11-24-51(54)60-46-21-9-8-20-43(46)34-39-57(60)63/h6-40H,5H2,1-4H3/b19-7-,41-6+. The number of anilines is 3. The molecule has 1 unspecified atom stereocenters. The summed E-state index contributed by atoms with van der Waals surface area (Å²) < 4.78 is 0. The summed E-state index contributed by atoms with van der Waals surface area (Å²) in [5.74, 6) is 0. The quantitative estimate of drug-likeness (QED) is 0.145. The monoisotopic (exact) mass is 819 g/mol. The van der Waals surface area contributed by atoms with Gasteiger partial charge in [0.25, 0.3) is 0 Å². The topological polar surface area (TPSA) is 3.24 Å². The summed E-state index contributed by atoms with van der Waals surface area (Å²) in [6.07, 6.45) is 7.69. The molecule has 1 spiro atoms. The molecule has 0 amide bonds. The van der Waals surface area contributed by atoms with Gasteiger partial charge in [-0.3, -0.25) is 0 Å². The van der Waals surface area contributed by atoms with Gasteiger partial charge in [0.1, 0.15) is 0 Å². The molecular formula is C63H49N. The highest BCUT2D eigenvalue weighted by Crippen LogP contribution is 2.65. The van der Waals surface area contributed by atoms with E-state index in [1.54, 1.807) is 0 Å². The first-order valence-electron chi connectivity index (χ1n) is 22.9. The molecule has 3 aliphatic rings. The Morgan fingerprint density at radius 3 is 1.80 bits per heavy atom. The maximum absolute atomic E-state index is 2.50. The fourth-order valence-electron chi connectivity index (χ4n) is 11.7. The summed E-state index contributed by atoms with van der Waals surface area (Å²) in [6.45, 7) is 9.06. The van der Waals surface area contributed by atoms with Gasteiger partial charge in [-0.2, -0.15) is 0 Å². The molecule has 0 saturated heterocycles. The molecule has 1 heteroatoms. The molecule has 0 aromatic heterocycles. The van der Waals surface area contributed by atoms with E-state index in [0.29, 0.717) is 0 Å². The molecule has 0 bridgehead atoms. The zero-order chi connectivity index (χ0) is 43.2. The average molecular weight is 820 g/mol. The Balaban J connectivity index is 1.10. The Labute approximate surface area is 377 Å². The average Bonchev–Trinajstić information content (AvgIpc) is 3.91. The minimum atomic E-state index is -0.459. The second-order valence-corrected chi connectivity index (χ2v) is 18.1. The first-order chi connectivity index (χ1) is 31.4. The van der Waals surface area contributed by atoms with Crippen molar-refractivity contribution in [1.82, 2.24) is 0 Å². The zero-order valence-electron chi connectivity index (χ0n) is 36.9. The van der Waals surface area contributed by atoms with E-state index in [-0.39, 0.29) is 5.41 Å². The van der Waals surface area contributed by atoms with E-state index in [1.807, 2.05) is 0 Å². The van der Waals surface area contributed by atoms with E-state index in [2.05, 4.69) is 245 Å². The Bertz CT molecular complexity index is 3410. The number of hydrogen-bond donors (Lipinski definition) is 0. The summed E-state index contributed by atoms with van der Waals surface area (Å²) in [7, 11) is 0. The fraction of sp³-hybridized carbons (Fsp3) is 0.111. The van der Waals surface area contributed by atoms with Crippen molar-refractivity contribution in [2.75, 3.05) is 4.90 Å². The lowest BCUT2D eigenvalue weighted by Gasteiger charge is -2.31. The first kappa shape index (κ1) is 38.2. The van der Waals surface area contributed by atoms with E-state index in [9.17, 15) is 0 Å². The molecule has 3 aliphatic carbocycles. The molecule has 306 valence electrons. The van der Waals surface area contributed by atoms with Gasteiger partial charge < -0.3 is 4.90 Å². The molecule has 0 radical (unpaired) electrons. The van der Waals surface area contributed by atoms with Crippen LogP contribution in [0.2, 0.25) is 0 Å². The molecule has 1 atom stereocenters. The van der Waals surface area contributed by atoms with Gasteiger partial charge in [-0.15, -0.1) is 0 Å². The normalized spacial score (nSPS) is 16.1. The molecular weight excluding hydrogens is 771 g/mol. The van der Waals surface area contributed by atoms with Gasteiger partial charge in [-0.05, 0) is 138 Å². The molecule has 0 N–H and O–H groups in total. The number of fused-ring (bicyclic) bond motifs is 15. The van der Waals surface area contributed by atoms with E-state index in [1.165, 1.54) is 99.8 Å². The number of nitrogens with zero attached hydrogens (tertiary/aromatic N) is 1. The summed E-state index contributed by atoms with van der Waals surface area (Å²) in [5.41, 5.74) is 23.8. The predicted molar refractivity (Wildman–Crippen MR) is 271 cm³/mol. The van der Waals surface area contributed by atoms with Crippen molar-refractivity contribution < 1.29 is 0 Å². The van der Waals surface area contributed by atoms with Gasteiger partial charge in [-0.25, -0.2) is 0 Å². The molecule has 0 heterocycles. The third kappa shape index (κ3) is 5.31. The molecule has 9 aromatic carbocycles. The highest BCUT2D eigenvalue weighted by Gasteiger charge is 2.52. The second kappa shape index (κ2) is 14.5. The number of rotatable bonds is 7. The van der Waals surface area contributed by atoms with Gasteiger partial charge in [0.15, 0.2) is 0 Å². The Morgan fingerprint density at radius 1 is 0.469 bits per heavy atom. The van der Waals surface area contributed by atoms with Crippen molar-refractivity contribution in [2.45, 2.75) is 44.9 Å². The van der Waals surface area contributed by atoms with Crippen molar-refractivity contribution in [3.8, 4) is 44.5 Å². The van der Waals surface area contributed by atoms with Crippen LogP contribution in [-0.2, 0) is 10.8 Å². The van der Waals surface area contributed by atoms with E-state index >= 15 is 0 Å². The predicted octanol–water partition coefficient (Wildman–Crippen LogP) is 17.0. The lowest BCUT2D eigenvalue weighted by atomic mass is 9.70. The maximum atomic E-state index is 2.50. The molecule has 64 heavy (non-hydrogen) atoms. The van der Waals surface area contributed by atoms with Crippen LogP contribution in [-0.4, -0.2) is 0 Å². The van der Waals surface area contributed by atoms with Gasteiger partial charge in [0, 0.05) is 22.4 Å². The third-order valence-electron chi connectivity index (χ3n) is 14.6. The van der Waals surface area contributed by atoms with Crippen molar-refractivity contribution in [3.63, 3.8) is 0 Å². The lowest BCUT2D eigenvalue weighted by molar-refractivity contribution is 0.660. The van der Waals surface area contributed by atoms with Crippen molar-refractivity contribution in [1.29, 1.82) is 0 Å². The van der Waals surface area contributed by atoms with E-state index in [0.717, 1.165) is 23.5 Å². The first-order valence-corrected chi connectivity index (χ1v) is 22.9. The van der Waals surface area contributed by atoms with Gasteiger partial charge in [-0.1, -0.05) is 203 Å². The number of benzene rings is 9. The zero-order valence-corrected chi connectivity index (χ0v) is 36.9. The van der Waals surface area contributed by atoms with Crippen LogP contribution in [0.1, 0.15) is 73.1 Å². The Kier molecular flexibility index (Phi) is 8.68. The summed E-state index contributed by atoms with van der Waals surface area (Å²) >= 11 is 0. The fourth-order valence-corrected chi connectivity index (χ4v) is 11.7. The molecule has 0 aliphatic heterocycles. The van der Waals surface area contributed by atoms with Crippen molar-refractivity contribution in [2.24, 2.45) is 0 Å². The van der Waals surface area contributed by atoms with Crippen LogP contribution in [0.3, 0.4) is 0 Å². The third-order valence-corrected chi connectivity index (χ3v) is 14.6. The smallest absolute Gasteiger partial charge is 0.0725 e. The molecule has 9 aromatic rings. The minimum Gasteiger partial charge on any atom is -0.310 e. The van der Waals surface area contributed by atoms with Crippen LogP contribution in [0, 0.1) is 0 Å². The number of hydrogen-bond acceptors (Lipinski definition) is 1. The van der Waals surface area contributed by atoms with Crippen molar-refractivity contribution in [3.05, 3.63) is 251 Å². The largest absolute Gasteiger partial charge is 0.310 e. The molecule has 0 saturated carbocycles. The molecule has 12 rings (SSSR count). The summed E-state index contributed by atoms with van der Waals surface area (Å²) in [6, 6.07) is 73.4. The van der Waals surface area contributed by atoms with Crippen LogP contribution in [0.25, 0.3) is 60.9 Å². The van der Waals surface area contributed by atoms with Crippen LogP contribution in [0.4, 0.5) is 17.1 Å². The highest BCUT2D eigenvalue weighted by molar-refractivity contribution is 6.08. The maximum Gasteiger partial charge on any atom is 0.0725 e. The van der Waals surface area contributed by atoms with Crippen molar-refractivity contribution >= 4 is 33.4 Å². The molecule has 0 fully saturated rings. The molecule has 1 nitrogen and oxygen atoms in total. The summed E-state index contributed by atoms with van der Waals surface area (Å²) in [5, 5.41) is 2.58. The van der Waals surface area contributed by atoms with E-state index < -0.39 is 5.41 Å². The van der Waals surface area contributed by atoms with Gasteiger partial charge >= 0.3 is 0 Å². The van der Waals surface area contributed by atoms with Crippen LogP contribution in [0.5, 0.6) is 0 Å². The van der Waals surface area contributed by atoms with Gasteiger partial charge in [0.2, 0.25) is 0 Å². The Morgan fingerprint density at radius 2 is 1.05 bits per heavy atom. The SMILES string of the molecule is C/C=C(\C=C/CC)c1ccc(N(c2ccc3c(c2)C(C)(C)c2ccccc2-3)c2ccccc2-c2cccc3c2-c2ccccc2C32c3ccccc3-c3c2ccc2ccccc32)cc1. The van der Waals surface area contributed by atoms with Crippen LogP contribution < -0.4 is 4.90 Å². The Hall–Kier alpha value is -7.48. The van der Waals surface area contributed by atoms with Crippen LogP contribution in [0.15, 0.2) is 212 Å².